The number of hydrogen-bond acceptors (Lipinski definition) is 4. The molecule has 1 N–H and O–H groups in total. The molecule has 1 atom stereocenters. The maximum Gasteiger partial charge on any atom is 0.174 e. The highest BCUT2D eigenvalue weighted by atomic mass is 19.1. The van der Waals surface area contributed by atoms with E-state index in [1.165, 1.54) is 0 Å². The fourth-order valence-electron chi connectivity index (χ4n) is 4.89. The zero-order chi connectivity index (χ0) is 22.5. The number of rotatable bonds is 4. The third-order valence-electron chi connectivity index (χ3n) is 6.34. The van der Waals surface area contributed by atoms with Gasteiger partial charge in [0.1, 0.15) is 23.2 Å². The van der Waals surface area contributed by atoms with Crippen LogP contribution in [0.2, 0.25) is 0 Å². The van der Waals surface area contributed by atoms with Gasteiger partial charge in [-0.05, 0) is 29.8 Å². The number of likely N-dealkylation sites (tertiary alicyclic amines) is 1. The minimum Gasteiger partial charge on any atom is -0.497 e. The van der Waals surface area contributed by atoms with Crippen LogP contribution in [0.3, 0.4) is 0 Å². The van der Waals surface area contributed by atoms with Gasteiger partial charge in [0, 0.05) is 48.6 Å². The van der Waals surface area contributed by atoms with E-state index in [1.54, 1.807) is 13.2 Å². The molecule has 0 radical (unpaired) electrons. The van der Waals surface area contributed by atoms with Crippen molar-refractivity contribution in [2.75, 3.05) is 25.5 Å². The second-order valence-corrected chi connectivity index (χ2v) is 8.39. The summed E-state index contributed by atoms with van der Waals surface area (Å²) in [5.74, 6) is -2.54. The lowest BCUT2D eigenvalue weighted by molar-refractivity contribution is 0.0468. The maximum atomic E-state index is 14.1. The highest BCUT2D eigenvalue weighted by molar-refractivity contribution is 6.08. The first-order valence-electron chi connectivity index (χ1n) is 10.3. The van der Waals surface area contributed by atoms with Gasteiger partial charge in [-0.1, -0.05) is 24.3 Å². The molecule has 1 spiro atoms. The Balaban J connectivity index is 1.47. The van der Waals surface area contributed by atoms with Crippen LogP contribution < -0.4 is 10.1 Å². The van der Waals surface area contributed by atoms with E-state index in [2.05, 4.69) is 5.32 Å². The largest absolute Gasteiger partial charge is 0.497 e. The minimum absolute atomic E-state index is 0.00306. The van der Waals surface area contributed by atoms with Crippen LogP contribution in [0.1, 0.15) is 27.4 Å². The smallest absolute Gasteiger partial charge is 0.174 e. The number of Topliss-reactive ketones (excluding diaryl/α,β-unsaturated/α-hetero) is 1. The molecular weight excluding hydrogens is 417 g/mol. The van der Waals surface area contributed by atoms with Crippen molar-refractivity contribution >= 4 is 11.5 Å². The van der Waals surface area contributed by atoms with Crippen molar-refractivity contribution in [3.8, 4) is 5.75 Å². The number of ketones is 1. The molecular formula is C25H21F3N2O2. The van der Waals surface area contributed by atoms with Gasteiger partial charge in [-0.3, -0.25) is 9.69 Å². The van der Waals surface area contributed by atoms with Gasteiger partial charge in [-0.15, -0.1) is 0 Å². The van der Waals surface area contributed by atoms with Crippen molar-refractivity contribution in [1.29, 1.82) is 0 Å². The fraction of sp³-hybridized carbons (Fsp3) is 0.240. The van der Waals surface area contributed by atoms with E-state index < -0.39 is 28.9 Å². The second-order valence-electron chi connectivity index (χ2n) is 8.39. The predicted octanol–water partition coefficient (Wildman–Crippen LogP) is 4.76. The molecule has 0 amide bonds. The van der Waals surface area contributed by atoms with Crippen LogP contribution in [0.15, 0.2) is 60.7 Å². The molecule has 0 aliphatic carbocycles. The van der Waals surface area contributed by atoms with Gasteiger partial charge in [0.05, 0.1) is 18.6 Å². The average molecular weight is 438 g/mol. The molecule has 4 nitrogen and oxygen atoms in total. The van der Waals surface area contributed by atoms with Gasteiger partial charge in [0.2, 0.25) is 0 Å². The number of carbonyl (C=O) groups is 1. The number of carbonyl (C=O) groups excluding carboxylic acids is 1. The number of para-hydroxylation sites is 1. The van der Waals surface area contributed by atoms with E-state index in [1.807, 2.05) is 47.4 Å². The molecule has 3 aromatic rings. The van der Waals surface area contributed by atoms with E-state index in [0.717, 1.165) is 11.3 Å². The van der Waals surface area contributed by atoms with Crippen molar-refractivity contribution in [3.63, 3.8) is 0 Å². The summed E-state index contributed by atoms with van der Waals surface area (Å²) in [6.07, 6.45) is 0. The summed E-state index contributed by atoms with van der Waals surface area (Å²) < 4.78 is 46.8. The molecule has 32 heavy (non-hydrogen) atoms. The Morgan fingerprint density at radius 3 is 2.34 bits per heavy atom. The fourth-order valence-corrected chi connectivity index (χ4v) is 4.89. The second kappa shape index (κ2) is 7.67. The molecule has 5 rings (SSSR count). The van der Waals surface area contributed by atoms with Gasteiger partial charge in [0.25, 0.3) is 0 Å². The van der Waals surface area contributed by atoms with E-state index in [4.69, 9.17) is 4.74 Å². The SMILES string of the molecule is COc1ccc(C2C(=O)c3ccccc3NC23CN(Cc2c(F)cc(F)cc2F)C3)cc1. The monoisotopic (exact) mass is 438 g/mol. The first kappa shape index (κ1) is 20.6. The molecule has 0 bridgehead atoms. The molecule has 1 unspecified atom stereocenters. The Hall–Kier alpha value is -3.32. The Bertz CT molecular complexity index is 1170. The summed E-state index contributed by atoms with van der Waals surface area (Å²) >= 11 is 0. The van der Waals surface area contributed by atoms with Crippen LogP contribution in [-0.4, -0.2) is 36.4 Å². The van der Waals surface area contributed by atoms with Crippen molar-refractivity contribution in [2.24, 2.45) is 0 Å². The zero-order valence-corrected chi connectivity index (χ0v) is 17.4. The molecule has 2 heterocycles. The third kappa shape index (κ3) is 3.33. The number of methoxy groups -OCH3 is 1. The number of hydrogen-bond donors (Lipinski definition) is 1. The highest BCUT2D eigenvalue weighted by Crippen LogP contribution is 2.46. The molecule has 1 saturated heterocycles. The normalized spacial score (nSPS) is 19.2. The highest BCUT2D eigenvalue weighted by Gasteiger charge is 2.55. The van der Waals surface area contributed by atoms with Crippen LogP contribution in [0.4, 0.5) is 18.9 Å². The summed E-state index contributed by atoms with van der Waals surface area (Å²) in [4.78, 5) is 15.4. The van der Waals surface area contributed by atoms with Crippen LogP contribution in [-0.2, 0) is 6.54 Å². The molecule has 1 fully saturated rings. The van der Waals surface area contributed by atoms with Gasteiger partial charge >= 0.3 is 0 Å². The predicted molar refractivity (Wildman–Crippen MR) is 114 cm³/mol. The Morgan fingerprint density at radius 2 is 1.69 bits per heavy atom. The lowest BCUT2D eigenvalue weighted by Crippen LogP contribution is -2.70. The molecule has 164 valence electrons. The van der Waals surface area contributed by atoms with Gasteiger partial charge in [-0.2, -0.15) is 0 Å². The summed E-state index contributed by atoms with van der Waals surface area (Å²) in [5, 5.41) is 3.53. The average Bonchev–Trinajstić information content (AvgIpc) is 2.75. The number of benzene rings is 3. The summed E-state index contributed by atoms with van der Waals surface area (Å²) in [5.41, 5.74) is 1.42. The van der Waals surface area contributed by atoms with E-state index in [0.29, 0.717) is 36.5 Å². The van der Waals surface area contributed by atoms with Crippen molar-refractivity contribution in [1.82, 2.24) is 4.90 Å². The van der Waals surface area contributed by atoms with Crippen molar-refractivity contribution < 1.29 is 22.7 Å². The molecule has 0 aromatic heterocycles. The number of halogens is 3. The summed E-state index contributed by atoms with van der Waals surface area (Å²) in [6.45, 7) is 0.798. The number of nitrogens with zero attached hydrogens (tertiary/aromatic N) is 1. The molecule has 0 saturated carbocycles. The van der Waals surface area contributed by atoms with E-state index >= 15 is 0 Å². The van der Waals surface area contributed by atoms with Gasteiger partial charge < -0.3 is 10.1 Å². The lowest BCUT2D eigenvalue weighted by atomic mass is 9.67. The lowest BCUT2D eigenvalue weighted by Gasteiger charge is -2.56. The number of anilines is 1. The van der Waals surface area contributed by atoms with Gasteiger partial charge in [-0.25, -0.2) is 13.2 Å². The molecule has 7 heteroatoms. The summed E-state index contributed by atoms with van der Waals surface area (Å²) in [7, 11) is 1.58. The maximum absolute atomic E-state index is 14.1. The summed E-state index contributed by atoms with van der Waals surface area (Å²) in [6, 6.07) is 16.1. The Labute approximate surface area is 183 Å². The van der Waals surface area contributed by atoms with Crippen LogP contribution in [0.5, 0.6) is 5.75 Å². The Morgan fingerprint density at radius 1 is 1.03 bits per heavy atom. The van der Waals surface area contributed by atoms with Gasteiger partial charge in [0.15, 0.2) is 5.78 Å². The molecule has 2 aliphatic rings. The van der Waals surface area contributed by atoms with Crippen LogP contribution in [0, 0.1) is 17.5 Å². The van der Waals surface area contributed by atoms with Crippen LogP contribution >= 0.6 is 0 Å². The topological polar surface area (TPSA) is 41.6 Å². The van der Waals surface area contributed by atoms with Crippen LogP contribution in [0.25, 0.3) is 0 Å². The Kier molecular flexibility index (Phi) is 4.93. The third-order valence-corrected chi connectivity index (χ3v) is 6.34. The number of fused-ring (bicyclic) bond motifs is 1. The minimum atomic E-state index is -0.945. The number of nitrogens with one attached hydrogen (secondary N) is 1. The molecule has 3 aromatic carbocycles. The van der Waals surface area contributed by atoms with E-state index in [-0.39, 0.29) is 17.9 Å². The van der Waals surface area contributed by atoms with Crippen molar-refractivity contribution in [2.45, 2.75) is 18.0 Å². The first-order valence-corrected chi connectivity index (χ1v) is 10.3. The zero-order valence-electron chi connectivity index (χ0n) is 17.4. The quantitative estimate of drug-likeness (QED) is 0.638. The first-order chi connectivity index (χ1) is 15.4. The molecule has 2 aliphatic heterocycles. The number of ether oxygens (including phenoxy) is 1. The van der Waals surface area contributed by atoms with Crippen molar-refractivity contribution in [3.05, 3.63) is 94.8 Å². The van der Waals surface area contributed by atoms with E-state index in [9.17, 15) is 18.0 Å². The standard InChI is InChI=1S/C25H21F3N2O2/c1-32-17-8-6-15(7-9-17)23-24(31)18-4-2-3-5-22(18)29-25(23)13-30(14-25)12-19-20(27)10-16(26)11-21(19)28/h2-11,23,29H,12-14H2,1H3.